The fraction of sp³-hybridized carbons (Fsp3) is 0.556. The second-order valence-electron chi connectivity index (χ2n) is 3.01. The lowest BCUT2D eigenvalue weighted by Crippen LogP contribution is -1.96. The average molecular weight is 183 g/mol. The van der Waals surface area contributed by atoms with Crippen molar-refractivity contribution >= 4 is 17.1 Å². The van der Waals surface area contributed by atoms with E-state index in [1.165, 1.54) is 11.3 Å². The number of hydrogen-bond donors (Lipinski definition) is 0. The predicted octanol–water partition coefficient (Wildman–Crippen LogP) is 2.86. The van der Waals surface area contributed by atoms with Crippen LogP contribution >= 0.6 is 11.3 Å². The van der Waals surface area contributed by atoms with Crippen molar-refractivity contribution in [2.24, 2.45) is 0 Å². The summed E-state index contributed by atoms with van der Waals surface area (Å²) in [5.41, 5.74) is 1.02. The van der Waals surface area contributed by atoms with Crippen LogP contribution in [0, 0.1) is 0 Å². The van der Waals surface area contributed by atoms with Gasteiger partial charge in [0.25, 0.3) is 0 Å². The van der Waals surface area contributed by atoms with Crippen LogP contribution in [-0.4, -0.2) is 10.8 Å². The summed E-state index contributed by atoms with van der Waals surface area (Å²) in [4.78, 5) is 15.4. The molecule has 0 saturated heterocycles. The smallest absolute Gasteiger partial charge is 0.191 e. The van der Waals surface area contributed by atoms with Crippen molar-refractivity contribution in [1.82, 2.24) is 4.98 Å². The highest BCUT2D eigenvalue weighted by atomic mass is 32.1. The van der Waals surface area contributed by atoms with Crippen LogP contribution in [0.4, 0.5) is 0 Å². The van der Waals surface area contributed by atoms with Gasteiger partial charge in [0.2, 0.25) is 0 Å². The van der Waals surface area contributed by atoms with Gasteiger partial charge in [-0.1, -0.05) is 20.8 Å². The van der Waals surface area contributed by atoms with E-state index in [1.54, 1.807) is 0 Å². The molecular formula is C9H13NOS. The molecule has 0 amide bonds. The van der Waals surface area contributed by atoms with Crippen LogP contribution in [0.25, 0.3) is 0 Å². The molecule has 0 unspecified atom stereocenters. The second-order valence-corrected chi connectivity index (χ2v) is 3.87. The summed E-state index contributed by atoms with van der Waals surface area (Å²) in [7, 11) is 0. The summed E-state index contributed by atoms with van der Waals surface area (Å²) in [6.07, 6.45) is 0.547. The van der Waals surface area contributed by atoms with Gasteiger partial charge in [-0.15, -0.1) is 11.3 Å². The maximum atomic E-state index is 11.2. The maximum Gasteiger partial charge on any atom is 0.191 e. The second kappa shape index (κ2) is 3.81. The summed E-state index contributed by atoms with van der Waals surface area (Å²) < 4.78 is 0. The normalized spacial score (nSPS) is 10.7. The molecule has 1 aromatic rings. The fourth-order valence-corrected chi connectivity index (χ4v) is 1.82. The summed E-state index contributed by atoms with van der Waals surface area (Å²) in [6, 6.07) is 0. The Morgan fingerprint density at radius 2 is 2.33 bits per heavy atom. The van der Waals surface area contributed by atoms with Gasteiger partial charge in [-0.3, -0.25) is 4.79 Å². The van der Waals surface area contributed by atoms with Gasteiger partial charge in [-0.05, 0) is 5.92 Å². The van der Waals surface area contributed by atoms with Crippen LogP contribution in [0.15, 0.2) is 5.38 Å². The largest absolute Gasteiger partial charge is 0.292 e. The molecule has 66 valence electrons. The molecule has 3 heteroatoms. The van der Waals surface area contributed by atoms with Crippen LogP contribution in [-0.2, 0) is 0 Å². The SMILES string of the molecule is CCC(=O)c1nc(C(C)C)cs1. The van der Waals surface area contributed by atoms with Crippen molar-refractivity contribution in [2.45, 2.75) is 33.1 Å². The standard InChI is InChI=1S/C9H13NOS/c1-4-8(11)9-10-7(5-12-9)6(2)3/h5-6H,4H2,1-3H3. The number of aromatic nitrogens is 1. The zero-order valence-corrected chi connectivity index (χ0v) is 8.44. The average Bonchev–Trinajstić information content (AvgIpc) is 2.51. The predicted molar refractivity (Wildman–Crippen MR) is 50.8 cm³/mol. The van der Waals surface area contributed by atoms with Gasteiger partial charge in [0, 0.05) is 11.8 Å². The highest BCUT2D eigenvalue weighted by molar-refractivity contribution is 7.11. The zero-order valence-electron chi connectivity index (χ0n) is 7.63. The zero-order chi connectivity index (χ0) is 9.14. The van der Waals surface area contributed by atoms with E-state index in [9.17, 15) is 4.79 Å². The van der Waals surface area contributed by atoms with E-state index >= 15 is 0 Å². The number of Topliss-reactive ketones (excluding diaryl/α,β-unsaturated/α-hetero) is 1. The molecule has 1 aromatic heterocycles. The van der Waals surface area contributed by atoms with Gasteiger partial charge in [0.05, 0.1) is 5.69 Å². The summed E-state index contributed by atoms with van der Waals surface area (Å²) in [6.45, 7) is 6.02. The third kappa shape index (κ3) is 1.91. The van der Waals surface area contributed by atoms with Crippen molar-refractivity contribution in [3.63, 3.8) is 0 Å². The van der Waals surface area contributed by atoms with Crippen molar-refractivity contribution in [2.75, 3.05) is 0 Å². The fourth-order valence-electron chi connectivity index (χ4n) is 0.831. The van der Waals surface area contributed by atoms with Crippen LogP contribution in [0.5, 0.6) is 0 Å². The Morgan fingerprint density at radius 3 is 2.75 bits per heavy atom. The van der Waals surface area contributed by atoms with Crippen LogP contribution in [0.1, 0.15) is 48.6 Å². The lowest BCUT2D eigenvalue weighted by molar-refractivity contribution is 0.0987. The molecule has 0 bridgehead atoms. The van der Waals surface area contributed by atoms with Crippen molar-refractivity contribution in [3.8, 4) is 0 Å². The van der Waals surface area contributed by atoms with Gasteiger partial charge in [0.15, 0.2) is 10.8 Å². The van der Waals surface area contributed by atoms with E-state index in [1.807, 2.05) is 12.3 Å². The molecule has 0 fully saturated rings. The van der Waals surface area contributed by atoms with E-state index in [0.717, 1.165) is 5.69 Å². The Bertz CT molecular complexity index is 278. The molecule has 0 aliphatic heterocycles. The van der Waals surface area contributed by atoms with E-state index < -0.39 is 0 Å². The molecule has 0 aliphatic carbocycles. The van der Waals surface area contributed by atoms with E-state index in [2.05, 4.69) is 18.8 Å². The van der Waals surface area contributed by atoms with Crippen molar-refractivity contribution in [3.05, 3.63) is 16.1 Å². The molecule has 0 atom stereocenters. The van der Waals surface area contributed by atoms with E-state index in [4.69, 9.17) is 0 Å². The minimum absolute atomic E-state index is 0.145. The van der Waals surface area contributed by atoms with Gasteiger partial charge >= 0.3 is 0 Å². The van der Waals surface area contributed by atoms with E-state index in [0.29, 0.717) is 17.3 Å². The maximum absolute atomic E-state index is 11.2. The van der Waals surface area contributed by atoms with Crippen molar-refractivity contribution in [1.29, 1.82) is 0 Å². The number of carbonyl (C=O) groups is 1. The van der Waals surface area contributed by atoms with Crippen LogP contribution < -0.4 is 0 Å². The van der Waals surface area contributed by atoms with Gasteiger partial charge in [-0.2, -0.15) is 0 Å². The monoisotopic (exact) mass is 183 g/mol. The molecule has 0 aromatic carbocycles. The Balaban J connectivity index is 2.84. The molecule has 0 spiro atoms. The van der Waals surface area contributed by atoms with Gasteiger partial charge < -0.3 is 0 Å². The van der Waals surface area contributed by atoms with Crippen LogP contribution in [0.2, 0.25) is 0 Å². The number of hydrogen-bond acceptors (Lipinski definition) is 3. The number of carbonyl (C=O) groups excluding carboxylic acids is 1. The highest BCUT2D eigenvalue weighted by Gasteiger charge is 2.10. The lowest BCUT2D eigenvalue weighted by atomic mass is 10.2. The molecular weight excluding hydrogens is 170 g/mol. The summed E-state index contributed by atoms with van der Waals surface area (Å²) in [5.74, 6) is 0.562. The Hall–Kier alpha value is -0.700. The first kappa shape index (κ1) is 9.39. The molecule has 0 radical (unpaired) electrons. The quantitative estimate of drug-likeness (QED) is 0.674. The molecule has 12 heavy (non-hydrogen) atoms. The number of thiazole rings is 1. The summed E-state index contributed by atoms with van der Waals surface area (Å²) in [5, 5.41) is 2.62. The minimum atomic E-state index is 0.145. The lowest BCUT2D eigenvalue weighted by Gasteiger charge is -1.96. The molecule has 1 rings (SSSR count). The molecule has 1 heterocycles. The first-order chi connectivity index (χ1) is 5.65. The first-order valence-electron chi connectivity index (χ1n) is 4.13. The van der Waals surface area contributed by atoms with Gasteiger partial charge in [-0.25, -0.2) is 4.98 Å². The minimum Gasteiger partial charge on any atom is -0.292 e. The number of ketones is 1. The Morgan fingerprint density at radius 1 is 1.67 bits per heavy atom. The molecule has 0 saturated carbocycles. The van der Waals surface area contributed by atoms with Crippen LogP contribution in [0.3, 0.4) is 0 Å². The van der Waals surface area contributed by atoms with Crippen molar-refractivity contribution < 1.29 is 4.79 Å². The topological polar surface area (TPSA) is 30.0 Å². The number of rotatable bonds is 3. The summed E-state index contributed by atoms with van der Waals surface area (Å²) >= 11 is 1.45. The van der Waals surface area contributed by atoms with Gasteiger partial charge in [0.1, 0.15) is 0 Å². The highest BCUT2D eigenvalue weighted by Crippen LogP contribution is 2.18. The molecule has 2 nitrogen and oxygen atoms in total. The molecule has 0 aliphatic rings. The third-order valence-corrected chi connectivity index (χ3v) is 2.57. The molecule has 0 N–H and O–H groups in total. The Labute approximate surface area is 76.6 Å². The number of nitrogens with zero attached hydrogens (tertiary/aromatic N) is 1. The first-order valence-corrected chi connectivity index (χ1v) is 5.01. The third-order valence-electron chi connectivity index (χ3n) is 1.67. The Kier molecular flexibility index (Phi) is 2.98. The van der Waals surface area contributed by atoms with E-state index in [-0.39, 0.29) is 5.78 Å².